The van der Waals surface area contributed by atoms with Crippen molar-refractivity contribution in [2.75, 3.05) is 0 Å². The fourth-order valence-corrected chi connectivity index (χ4v) is 10.2. The molecule has 0 saturated heterocycles. The highest BCUT2D eigenvalue weighted by Gasteiger charge is 2.58. The minimum Gasteiger partial charge on any atom is -0.0851 e. The molecule has 0 N–H and O–H groups in total. The molecular formula is C33H54. The zero-order chi connectivity index (χ0) is 23.4. The zero-order valence-corrected chi connectivity index (χ0v) is 22.9. The minimum absolute atomic E-state index is 0.537. The van der Waals surface area contributed by atoms with Gasteiger partial charge < -0.3 is 0 Å². The highest BCUT2D eigenvalue weighted by atomic mass is 14.6. The maximum atomic E-state index is 2.76. The number of hydrogen-bond donors (Lipinski definition) is 0. The van der Waals surface area contributed by atoms with Crippen LogP contribution in [0.15, 0.2) is 23.8 Å². The third-order valence-corrected chi connectivity index (χ3v) is 12.5. The Labute approximate surface area is 206 Å². The molecule has 5 rings (SSSR count). The first kappa shape index (κ1) is 24.2. The molecule has 0 aliphatic heterocycles. The Kier molecular flexibility index (Phi) is 6.72. The highest BCUT2D eigenvalue weighted by Crippen LogP contribution is 2.67. The van der Waals surface area contributed by atoms with Gasteiger partial charge in [-0.2, -0.15) is 0 Å². The lowest BCUT2D eigenvalue weighted by Crippen LogP contribution is -2.50. The standard InChI is InChI=1S/C33H54/c1-22(2)26-11-9-25(10-12-26)8-7-24(4)29-15-16-30-28-14-13-27-21-23(3)17-19-32(27,5)31(28)18-20-33(29,30)6/h7-8,13,22-26,28-31H,9-12,14-21H2,1-6H3/b8-7+/t23-,24+,25?,26?,28-,29+,30-,31-,32-,33+/m0/s1. The summed E-state index contributed by atoms with van der Waals surface area (Å²) in [4.78, 5) is 0. The lowest BCUT2D eigenvalue weighted by Gasteiger charge is -2.58. The van der Waals surface area contributed by atoms with Crippen LogP contribution >= 0.6 is 0 Å². The first-order valence-corrected chi connectivity index (χ1v) is 15.1. The molecule has 0 bridgehead atoms. The Morgan fingerprint density at radius 2 is 1.64 bits per heavy atom. The molecule has 5 aliphatic carbocycles. The van der Waals surface area contributed by atoms with Gasteiger partial charge in [0, 0.05) is 0 Å². The zero-order valence-electron chi connectivity index (χ0n) is 22.9. The molecule has 0 nitrogen and oxygen atoms in total. The van der Waals surface area contributed by atoms with Crippen LogP contribution in [0.2, 0.25) is 0 Å². The van der Waals surface area contributed by atoms with Crippen LogP contribution in [0.1, 0.15) is 119 Å². The maximum Gasteiger partial charge on any atom is -0.00851 e. The molecule has 0 heterocycles. The van der Waals surface area contributed by atoms with Crippen molar-refractivity contribution < 1.29 is 0 Å². The summed E-state index contributed by atoms with van der Waals surface area (Å²) < 4.78 is 0. The Bertz CT molecular complexity index is 748. The summed E-state index contributed by atoms with van der Waals surface area (Å²) in [5.74, 6) is 8.24. The van der Waals surface area contributed by atoms with E-state index in [0.717, 1.165) is 53.3 Å². The molecule has 186 valence electrons. The fraction of sp³-hybridized carbons (Fsp3) is 0.879. The summed E-state index contributed by atoms with van der Waals surface area (Å²) in [6.07, 6.45) is 25.6. The van der Waals surface area contributed by atoms with Crippen molar-refractivity contribution in [1.29, 1.82) is 0 Å². The summed E-state index contributed by atoms with van der Waals surface area (Å²) in [6, 6.07) is 0. The van der Waals surface area contributed by atoms with Gasteiger partial charge in [0.1, 0.15) is 0 Å². The lowest BCUT2D eigenvalue weighted by molar-refractivity contribution is -0.0486. The Hall–Kier alpha value is -0.520. The van der Waals surface area contributed by atoms with Gasteiger partial charge in [-0.15, -0.1) is 0 Å². The molecule has 4 saturated carbocycles. The second kappa shape index (κ2) is 9.17. The van der Waals surface area contributed by atoms with Crippen molar-refractivity contribution in [2.45, 2.75) is 119 Å². The molecule has 0 unspecified atom stereocenters. The topological polar surface area (TPSA) is 0 Å². The number of rotatable bonds is 4. The summed E-state index contributed by atoms with van der Waals surface area (Å²) in [5, 5.41) is 0. The average molecular weight is 451 g/mol. The van der Waals surface area contributed by atoms with Crippen LogP contribution in [0.5, 0.6) is 0 Å². The SMILES string of the molecule is CC(C)C1CCC(/C=C/[C@@H](C)[C@H]2CC[C@H]3[C@@H]4CC=C5C[C@@H](C)CC[C@]5(C)[C@H]4CC[C@]23C)CC1. The van der Waals surface area contributed by atoms with Gasteiger partial charge in [0.2, 0.25) is 0 Å². The number of fused-ring (bicyclic) bond motifs is 5. The van der Waals surface area contributed by atoms with Crippen LogP contribution in [0.3, 0.4) is 0 Å². The maximum absolute atomic E-state index is 2.76. The van der Waals surface area contributed by atoms with Crippen LogP contribution in [0.4, 0.5) is 0 Å². The third kappa shape index (κ3) is 4.22. The summed E-state index contributed by atoms with van der Waals surface area (Å²) in [7, 11) is 0. The van der Waals surface area contributed by atoms with E-state index in [4.69, 9.17) is 0 Å². The second-order valence-electron chi connectivity index (χ2n) is 14.5. The Morgan fingerprint density at radius 1 is 0.879 bits per heavy atom. The van der Waals surface area contributed by atoms with Crippen molar-refractivity contribution in [3.63, 3.8) is 0 Å². The molecule has 0 heteroatoms. The van der Waals surface area contributed by atoms with Crippen LogP contribution in [0, 0.1) is 64.1 Å². The number of hydrogen-bond acceptors (Lipinski definition) is 0. The van der Waals surface area contributed by atoms with Crippen LogP contribution in [0.25, 0.3) is 0 Å². The second-order valence-corrected chi connectivity index (χ2v) is 14.5. The first-order chi connectivity index (χ1) is 15.7. The van der Waals surface area contributed by atoms with Crippen molar-refractivity contribution in [2.24, 2.45) is 64.1 Å². The van der Waals surface area contributed by atoms with Crippen molar-refractivity contribution >= 4 is 0 Å². The van der Waals surface area contributed by atoms with E-state index >= 15 is 0 Å². The minimum atomic E-state index is 0.537. The van der Waals surface area contributed by atoms with E-state index in [1.165, 1.54) is 77.0 Å². The normalized spacial score (nSPS) is 48.8. The van der Waals surface area contributed by atoms with Crippen molar-refractivity contribution in [1.82, 2.24) is 0 Å². The van der Waals surface area contributed by atoms with Gasteiger partial charge in [0.05, 0.1) is 0 Å². The summed E-state index contributed by atoms with van der Waals surface area (Å²) >= 11 is 0. The van der Waals surface area contributed by atoms with E-state index in [1.54, 1.807) is 0 Å². The predicted molar refractivity (Wildman–Crippen MR) is 143 cm³/mol. The van der Waals surface area contributed by atoms with E-state index in [2.05, 4.69) is 59.8 Å². The van der Waals surface area contributed by atoms with E-state index in [1.807, 2.05) is 5.57 Å². The molecule has 33 heavy (non-hydrogen) atoms. The first-order valence-electron chi connectivity index (χ1n) is 15.1. The van der Waals surface area contributed by atoms with Gasteiger partial charge >= 0.3 is 0 Å². The summed E-state index contributed by atoms with van der Waals surface area (Å²) in [5.41, 5.74) is 2.99. The molecule has 0 aromatic carbocycles. The molecule has 8 atom stereocenters. The average Bonchev–Trinajstić information content (AvgIpc) is 3.15. The molecule has 0 aromatic rings. The van der Waals surface area contributed by atoms with Crippen molar-refractivity contribution in [3.8, 4) is 0 Å². The smallest absolute Gasteiger partial charge is 0.00851 e. The highest BCUT2D eigenvalue weighted by molar-refractivity contribution is 5.25. The van der Waals surface area contributed by atoms with Crippen LogP contribution in [-0.2, 0) is 0 Å². The van der Waals surface area contributed by atoms with Crippen LogP contribution < -0.4 is 0 Å². The predicted octanol–water partition coefficient (Wildman–Crippen LogP) is 9.86. The van der Waals surface area contributed by atoms with Gasteiger partial charge in [-0.1, -0.05) is 65.3 Å². The van der Waals surface area contributed by atoms with E-state index in [0.29, 0.717) is 10.8 Å². The van der Waals surface area contributed by atoms with Gasteiger partial charge in [-0.05, 0) is 141 Å². The molecule has 0 aromatic heterocycles. The number of allylic oxidation sites excluding steroid dienone is 4. The lowest BCUT2D eigenvalue weighted by atomic mass is 9.46. The fourth-order valence-electron chi connectivity index (χ4n) is 10.2. The molecule has 0 spiro atoms. The Balaban J connectivity index is 1.25. The largest absolute Gasteiger partial charge is 0.0851 e. The van der Waals surface area contributed by atoms with E-state index in [9.17, 15) is 0 Å². The molecular weight excluding hydrogens is 396 g/mol. The molecule has 0 radical (unpaired) electrons. The molecule has 4 fully saturated rings. The van der Waals surface area contributed by atoms with E-state index in [-0.39, 0.29) is 0 Å². The summed E-state index contributed by atoms with van der Waals surface area (Å²) in [6.45, 7) is 15.3. The quantitative estimate of drug-likeness (QED) is 0.374. The molecule has 0 amide bonds. The van der Waals surface area contributed by atoms with Gasteiger partial charge in [-0.3, -0.25) is 0 Å². The van der Waals surface area contributed by atoms with Crippen molar-refractivity contribution in [3.05, 3.63) is 23.8 Å². The van der Waals surface area contributed by atoms with Gasteiger partial charge in [-0.25, -0.2) is 0 Å². The van der Waals surface area contributed by atoms with Crippen LogP contribution in [-0.4, -0.2) is 0 Å². The molecule has 5 aliphatic rings. The van der Waals surface area contributed by atoms with Gasteiger partial charge in [0.25, 0.3) is 0 Å². The van der Waals surface area contributed by atoms with Gasteiger partial charge in [0.15, 0.2) is 0 Å². The monoisotopic (exact) mass is 450 g/mol. The van der Waals surface area contributed by atoms with E-state index < -0.39 is 0 Å². The Morgan fingerprint density at radius 3 is 2.36 bits per heavy atom. The third-order valence-electron chi connectivity index (χ3n) is 12.5.